The summed E-state index contributed by atoms with van der Waals surface area (Å²) in [5.74, 6) is -0.434. The summed E-state index contributed by atoms with van der Waals surface area (Å²) in [6.07, 6.45) is 2.80. The number of halogens is 2. The first kappa shape index (κ1) is 21.8. The molecule has 17 heavy (non-hydrogen) atoms. The summed E-state index contributed by atoms with van der Waals surface area (Å²) in [6, 6.07) is -0.469. The third kappa shape index (κ3) is 10.5. The van der Waals surface area contributed by atoms with Crippen LogP contribution in [0.2, 0.25) is 0 Å². The molecule has 2 unspecified atom stereocenters. The van der Waals surface area contributed by atoms with Crippen molar-refractivity contribution in [3.05, 3.63) is 0 Å². The third-order valence-electron chi connectivity index (χ3n) is 2.06. The number of hydrogen-bond acceptors (Lipinski definition) is 5. The van der Waals surface area contributed by atoms with Gasteiger partial charge in [0, 0.05) is 13.3 Å². The van der Waals surface area contributed by atoms with Gasteiger partial charge in [-0.15, -0.1) is 24.8 Å². The van der Waals surface area contributed by atoms with Crippen LogP contribution in [-0.4, -0.2) is 38.0 Å². The molecule has 0 saturated heterocycles. The van der Waals surface area contributed by atoms with Crippen LogP contribution in [0.15, 0.2) is 0 Å². The Hall–Kier alpha value is -0.400. The van der Waals surface area contributed by atoms with Crippen LogP contribution >= 0.6 is 24.8 Å². The van der Waals surface area contributed by atoms with E-state index >= 15 is 0 Å². The topological polar surface area (TPSA) is 114 Å². The van der Waals surface area contributed by atoms with Gasteiger partial charge >= 0.3 is 0 Å². The first-order valence-electron chi connectivity index (χ1n) is 4.94. The monoisotopic (exact) mass is 288 g/mol. The molecule has 1 amide bonds. The van der Waals surface area contributed by atoms with Gasteiger partial charge in [0.2, 0.25) is 5.91 Å². The molecule has 6 nitrogen and oxygen atoms in total. The van der Waals surface area contributed by atoms with Crippen molar-refractivity contribution in [3.8, 4) is 0 Å². The number of methoxy groups -OCH3 is 1. The summed E-state index contributed by atoms with van der Waals surface area (Å²) in [7, 11) is 1.46. The summed E-state index contributed by atoms with van der Waals surface area (Å²) in [6.45, 7) is 0.601. The highest BCUT2D eigenvalue weighted by atomic mass is 35.5. The molecule has 0 radical (unpaired) electrons. The van der Waals surface area contributed by atoms with Crippen molar-refractivity contribution in [1.82, 2.24) is 5.32 Å². The van der Waals surface area contributed by atoms with E-state index in [0.717, 1.165) is 19.1 Å². The average molecular weight is 289 g/mol. The van der Waals surface area contributed by atoms with Crippen molar-refractivity contribution >= 4 is 36.9 Å². The molecule has 0 aliphatic rings. The van der Waals surface area contributed by atoms with Gasteiger partial charge in [0.05, 0.1) is 6.04 Å². The lowest BCUT2D eigenvalue weighted by molar-refractivity contribution is -0.120. The fourth-order valence-corrected chi connectivity index (χ4v) is 1.18. The van der Waals surface area contributed by atoms with Crippen LogP contribution in [0.1, 0.15) is 19.3 Å². The quantitative estimate of drug-likeness (QED) is 0.272. The average Bonchev–Trinajstić information content (AvgIpc) is 2.23. The largest absolute Gasteiger partial charge is 0.368 e. The molecular weight excluding hydrogens is 267 g/mol. The smallest absolute Gasteiger partial charge is 0.234 e. The zero-order valence-electron chi connectivity index (χ0n) is 9.85. The van der Waals surface area contributed by atoms with Crippen LogP contribution in [-0.2, 0) is 9.53 Å². The molecule has 104 valence electrons. The summed E-state index contributed by atoms with van der Waals surface area (Å²) in [4.78, 5) is 11.1. The van der Waals surface area contributed by atoms with E-state index in [4.69, 9.17) is 21.6 Å². The van der Waals surface area contributed by atoms with E-state index in [2.05, 4.69) is 5.32 Å². The molecule has 0 aliphatic heterocycles. The third-order valence-corrected chi connectivity index (χ3v) is 2.06. The van der Waals surface area contributed by atoms with Gasteiger partial charge in [-0.3, -0.25) is 10.1 Å². The number of rotatable bonds is 9. The Kier molecular flexibility index (Phi) is 17.6. The van der Waals surface area contributed by atoms with E-state index in [9.17, 15) is 4.79 Å². The first-order chi connectivity index (χ1) is 7.15. The van der Waals surface area contributed by atoms with Crippen molar-refractivity contribution in [1.29, 1.82) is 5.41 Å². The second-order valence-corrected chi connectivity index (χ2v) is 3.23. The summed E-state index contributed by atoms with van der Waals surface area (Å²) in [5.41, 5.74) is 10.6. The van der Waals surface area contributed by atoms with Crippen molar-refractivity contribution in [2.45, 2.75) is 31.5 Å². The molecule has 0 aromatic carbocycles. The predicted molar refractivity (Wildman–Crippen MR) is 73.1 cm³/mol. The summed E-state index contributed by atoms with van der Waals surface area (Å²) >= 11 is 0. The van der Waals surface area contributed by atoms with Gasteiger partial charge in [-0.05, 0) is 19.4 Å². The Balaban J connectivity index is -0.000000980. The number of carbonyl (C=O) groups excluding carboxylic acids is 1. The minimum Gasteiger partial charge on any atom is -0.368 e. The van der Waals surface area contributed by atoms with E-state index < -0.39 is 18.2 Å². The number of ether oxygens (including phenoxy) is 1. The highest BCUT2D eigenvalue weighted by molar-refractivity contribution is 5.85. The summed E-state index contributed by atoms with van der Waals surface area (Å²) < 4.78 is 4.90. The number of nitrogens with one attached hydrogen (secondary N) is 2. The van der Waals surface area contributed by atoms with Gasteiger partial charge in [-0.1, -0.05) is 6.42 Å². The molecule has 0 fully saturated rings. The maximum absolute atomic E-state index is 11.1. The van der Waals surface area contributed by atoms with Crippen molar-refractivity contribution in [2.24, 2.45) is 11.5 Å². The molecule has 0 bridgehead atoms. The highest BCUT2D eigenvalue weighted by Gasteiger charge is 2.17. The van der Waals surface area contributed by atoms with Crippen molar-refractivity contribution in [3.63, 3.8) is 0 Å². The lowest BCUT2D eigenvalue weighted by Gasteiger charge is -2.19. The Bertz CT molecular complexity index is 207. The van der Waals surface area contributed by atoms with E-state index in [-0.39, 0.29) is 24.8 Å². The van der Waals surface area contributed by atoms with E-state index in [0.29, 0.717) is 13.0 Å². The maximum atomic E-state index is 11.1. The Labute approximate surface area is 114 Å². The second-order valence-electron chi connectivity index (χ2n) is 3.23. The van der Waals surface area contributed by atoms with Gasteiger partial charge in [0.1, 0.15) is 6.23 Å². The fraction of sp³-hybridized carbons (Fsp3) is 0.778. The van der Waals surface area contributed by atoms with Crippen molar-refractivity contribution < 1.29 is 9.53 Å². The highest BCUT2D eigenvalue weighted by Crippen LogP contribution is 2.01. The standard InChI is InChI=1S/C9H20N4O2.2ClH/c1-15-8(6-11)13-7(9(12)14)4-2-3-5-10;;/h6-8,11,13H,2-5,10H2,1H3,(H2,12,14);2*1H. The Morgan fingerprint density at radius 1 is 1.47 bits per heavy atom. The molecule has 0 rings (SSSR count). The van der Waals surface area contributed by atoms with Crippen molar-refractivity contribution in [2.75, 3.05) is 13.7 Å². The predicted octanol–water partition coefficient (Wildman–Crippen LogP) is 0.0246. The minimum absolute atomic E-state index is 0. The van der Waals surface area contributed by atoms with Crippen LogP contribution in [0.25, 0.3) is 0 Å². The SMILES string of the molecule is COC(C=N)NC(CCCCN)C(N)=O.Cl.Cl. The summed E-state index contributed by atoms with van der Waals surface area (Å²) in [5, 5.41) is 9.85. The number of nitrogens with two attached hydrogens (primary N) is 2. The molecule has 6 N–H and O–H groups in total. The molecular formula is C9H22Cl2N4O2. The maximum Gasteiger partial charge on any atom is 0.234 e. The zero-order valence-corrected chi connectivity index (χ0v) is 11.5. The number of unbranched alkanes of at least 4 members (excludes halogenated alkanes) is 1. The van der Waals surface area contributed by atoms with Crippen LogP contribution < -0.4 is 16.8 Å². The Morgan fingerprint density at radius 2 is 2.06 bits per heavy atom. The molecule has 0 spiro atoms. The van der Waals surface area contributed by atoms with Crippen LogP contribution in [0.4, 0.5) is 0 Å². The Morgan fingerprint density at radius 3 is 2.41 bits per heavy atom. The van der Waals surface area contributed by atoms with Gasteiger partial charge < -0.3 is 21.6 Å². The van der Waals surface area contributed by atoms with Gasteiger partial charge in [-0.2, -0.15) is 0 Å². The normalized spacial score (nSPS) is 12.8. The van der Waals surface area contributed by atoms with E-state index in [1.54, 1.807) is 0 Å². The molecule has 0 heterocycles. The fourth-order valence-electron chi connectivity index (χ4n) is 1.18. The molecule has 8 heteroatoms. The van der Waals surface area contributed by atoms with Crippen LogP contribution in [0.3, 0.4) is 0 Å². The molecule has 0 aliphatic carbocycles. The van der Waals surface area contributed by atoms with E-state index in [1.165, 1.54) is 7.11 Å². The molecule has 0 aromatic heterocycles. The number of primary amides is 1. The van der Waals surface area contributed by atoms with E-state index in [1.807, 2.05) is 0 Å². The lowest BCUT2D eigenvalue weighted by Crippen LogP contribution is -2.47. The lowest BCUT2D eigenvalue weighted by atomic mass is 10.1. The van der Waals surface area contributed by atoms with Gasteiger partial charge in [-0.25, -0.2) is 0 Å². The molecule has 0 saturated carbocycles. The van der Waals surface area contributed by atoms with Crippen LogP contribution in [0.5, 0.6) is 0 Å². The van der Waals surface area contributed by atoms with Gasteiger partial charge in [0.15, 0.2) is 0 Å². The van der Waals surface area contributed by atoms with Crippen LogP contribution in [0, 0.1) is 5.41 Å². The molecule has 2 atom stereocenters. The minimum atomic E-state index is -0.569. The number of amides is 1. The first-order valence-corrected chi connectivity index (χ1v) is 4.94. The zero-order chi connectivity index (χ0) is 11.7. The van der Waals surface area contributed by atoms with Gasteiger partial charge in [0.25, 0.3) is 0 Å². The number of hydrogen-bond donors (Lipinski definition) is 4. The molecule has 0 aromatic rings. The number of carbonyl (C=O) groups is 1. The second kappa shape index (κ2) is 13.7.